The van der Waals surface area contributed by atoms with Crippen molar-refractivity contribution in [2.75, 3.05) is 37.7 Å². The molecule has 0 spiro atoms. The second-order valence-electron chi connectivity index (χ2n) is 4.94. The molecule has 104 valence electrons. The summed E-state index contributed by atoms with van der Waals surface area (Å²) in [6.07, 6.45) is 2.30. The van der Waals surface area contributed by atoms with E-state index in [9.17, 15) is 4.79 Å². The molecule has 2 heterocycles. The quantitative estimate of drug-likeness (QED) is 0.850. The van der Waals surface area contributed by atoms with Crippen LogP contribution in [0, 0.1) is 0 Å². The third-order valence-corrected chi connectivity index (χ3v) is 4.57. The molecule has 5 nitrogen and oxygen atoms in total. The summed E-state index contributed by atoms with van der Waals surface area (Å²) >= 11 is 1.49. The van der Waals surface area contributed by atoms with Crippen LogP contribution in [0.15, 0.2) is 0 Å². The largest absolute Gasteiger partial charge is 0.462 e. The second kappa shape index (κ2) is 5.46. The van der Waals surface area contributed by atoms with Gasteiger partial charge < -0.3 is 15.0 Å². The maximum Gasteiger partial charge on any atom is 0.350 e. The van der Waals surface area contributed by atoms with E-state index in [1.54, 1.807) is 0 Å². The van der Waals surface area contributed by atoms with E-state index in [4.69, 9.17) is 9.72 Å². The lowest BCUT2D eigenvalue weighted by molar-refractivity contribution is 0.0530. The molecule has 0 aromatic carbocycles. The van der Waals surface area contributed by atoms with Gasteiger partial charge in [-0.2, -0.15) is 0 Å². The molecule has 19 heavy (non-hydrogen) atoms. The number of anilines is 1. The number of carbonyl (C=O) groups is 1. The van der Waals surface area contributed by atoms with E-state index in [0.29, 0.717) is 12.5 Å². The minimum absolute atomic E-state index is 0.205. The molecule has 1 N–H and O–H groups in total. The van der Waals surface area contributed by atoms with Crippen LogP contribution in [0.1, 0.15) is 41.0 Å². The summed E-state index contributed by atoms with van der Waals surface area (Å²) in [4.78, 5) is 19.7. The van der Waals surface area contributed by atoms with Gasteiger partial charge in [0, 0.05) is 32.1 Å². The predicted molar refractivity (Wildman–Crippen MR) is 75.1 cm³/mol. The summed E-state index contributed by atoms with van der Waals surface area (Å²) in [5.41, 5.74) is 0.969. The topological polar surface area (TPSA) is 54.5 Å². The zero-order chi connectivity index (χ0) is 13.2. The van der Waals surface area contributed by atoms with Crippen molar-refractivity contribution in [3.05, 3.63) is 10.6 Å². The van der Waals surface area contributed by atoms with Crippen LogP contribution in [0.5, 0.6) is 0 Å². The Labute approximate surface area is 117 Å². The van der Waals surface area contributed by atoms with Gasteiger partial charge in [-0.05, 0) is 19.8 Å². The molecule has 1 aliphatic carbocycles. The summed E-state index contributed by atoms with van der Waals surface area (Å²) in [5, 5.41) is 4.31. The molecule has 1 aromatic rings. The highest BCUT2D eigenvalue weighted by Crippen LogP contribution is 2.44. The zero-order valence-electron chi connectivity index (χ0n) is 11.1. The summed E-state index contributed by atoms with van der Waals surface area (Å²) < 4.78 is 5.15. The van der Waals surface area contributed by atoms with Crippen molar-refractivity contribution in [2.45, 2.75) is 25.7 Å². The smallest absolute Gasteiger partial charge is 0.350 e. The molecule has 1 aromatic heterocycles. The molecule has 0 amide bonds. The van der Waals surface area contributed by atoms with Crippen molar-refractivity contribution in [1.29, 1.82) is 0 Å². The highest BCUT2D eigenvalue weighted by molar-refractivity contribution is 7.17. The average Bonchev–Trinajstić information content (AvgIpc) is 3.19. The molecular weight excluding hydrogens is 262 g/mol. The van der Waals surface area contributed by atoms with Crippen LogP contribution in [0.2, 0.25) is 0 Å². The van der Waals surface area contributed by atoms with Crippen molar-refractivity contribution in [2.24, 2.45) is 0 Å². The number of hydrogen-bond donors (Lipinski definition) is 1. The molecular formula is C13H19N3O2S. The first-order chi connectivity index (χ1) is 9.29. The van der Waals surface area contributed by atoms with Crippen molar-refractivity contribution < 1.29 is 9.53 Å². The fourth-order valence-electron chi connectivity index (χ4n) is 2.29. The standard InChI is InChI=1S/C13H19N3O2S/c1-2-18-12(17)11-10(9-3-4-9)15-13(19-11)16-7-5-14-6-8-16/h9,14H,2-8H2,1H3. The molecule has 1 aliphatic heterocycles. The number of hydrogen-bond acceptors (Lipinski definition) is 6. The minimum Gasteiger partial charge on any atom is -0.462 e. The van der Waals surface area contributed by atoms with Crippen LogP contribution < -0.4 is 10.2 Å². The number of aromatic nitrogens is 1. The van der Waals surface area contributed by atoms with E-state index in [1.165, 1.54) is 11.3 Å². The molecule has 1 saturated carbocycles. The van der Waals surface area contributed by atoms with E-state index in [1.807, 2.05) is 6.92 Å². The van der Waals surface area contributed by atoms with Crippen molar-refractivity contribution in [3.8, 4) is 0 Å². The van der Waals surface area contributed by atoms with Gasteiger partial charge in [0.15, 0.2) is 5.13 Å². The Morgan fingerprint density at radius 2 is 2.21 bits per heavy atom. The molecule has 0 unspecified atom stereocenters. The van der Waals surface area contributed by atoms with Gasteiger partial charge in [0.1, 0.15) is 4.88 Å². The van der Waals surface area contributed by atoms with Gasteiger partial charge in [-0.1, -0.05) is 11.3 Å². The predicted octanol–water partition coefficient (Wildman–Crippen LogP) is 1.61. The average molecular weight is 281 g/mol. The van der Waals surface area contributed by atoms with Gasteiger partial charge in [-0.3, -0.25) is 0 Å². The van der Waals surface area contributed by atoms with Gasteiger partial charge in [0.2, 0.25) is 0 Å². The first kappa shape index (κ1) is 12.9. The van der Waals surface area contributed by atoms with E-state index < -0.39 is 0 Å². The molecule has 0 atom stereocenters. The molecule has 3 rings (SSSR count). The Balaban J connectivity index is 1.85. The maximum absolute atomic E-state index is 12.0. The maximum atomic E-state index is 12.0. The monoisotopic (exact) mass is 281 g/mol. The Kier molecular flexibility index (Phi) is 3.70. The lowest BCUT2D eigenvalue weighted by Crippen LogP contribution is -2.43. The van der Waals surface area contributed by atoms with Gasteiger partial charge in [0.05, 0.1) is 12.3 Å². The van der Waals surface area contributed by atoms with Crippen molar-refractivity contribution in [1.82, 2.24) is 10.3 Å². The lowest BCUT2D eigenvalue weighted by atomic mass is 10.2. The van der Waals surface area contributed by atoms with E-state index >= 15 is 0 Å². The van der Waals surface area contributed by atoms with Crippen LogP contribution in [-0.2, 0) is 4.74 Å². The van der Waals surface area contributed by atoms with Crippen LogP contribution in [0.25, 0.3) is 0 Å². The molecule has 6 heteroatoms. The van der Waals surface area contributed by atoms with Crippen LogP contribution >= 0.6 is 11.3 Å². The van der Waals surface area contributed by atoms with Crippen LogP contribution in [0.3, 0.4) is 0 Å². The Morgan fingerprint density at radius 1 is 1.47 bits per heavy atom. The lowest BCUT2D eigenvalue weighted by Gasteiger charge is -2.26. The second-order valence-corrected chi connectivity index (χ2v) is 5.92. The number of ether oxygens (including phenoxy) is 1. The van der Waals surface area contributed by atoms with Crippen LogP contribution in [0.4, 0.5) is 5.13 Å². The number of thiazole rings is 1. The van der Waals surface area contributed by atoms with Crippen molar-refractivity contribution >= 4 is 22.4 Å². The van der Waals surface area contributed by atoms with E-state index in [0.717, 1.165) is 54.7 Å². The van der Waals surface area contributed by atoms with E-state index in [2.05, 4.69) is 10.2 Å². The fourth-order valence-corrected chi connectivity index (χ4v) is 3.39. The molecule has 0 bridgehead atoms. The van der Waals surface area contributed by atoms with Gasteiger partial charge in [-0.15, -0.1) is 0 Å². The fraction of sp³-hybridized carbons (Fsp3) is 0.692. The normalized spacial score (nSPS) is 19.5. The number of carbonyl (C=O) groups excluding carboxylic acids is 1. The highest BCUT2D eigenvalue weighted by Gasteiger charge is 2.33. The van der Waals surface area contributed by atoms with E-state index in [-0.39, 0.29) is 5.97 Å². The molecule has 1 saturated heterocycles. The number of piperazine rings is 1. The SMILES string of the molecule is CCOC(=O)c1sc(N2CCNCC2)nc1C1CC1. The summed E-state index contributed by atoms with van der Waals surface area (Å²) in [6, 6.07) is 0. The first-order valence-corrected chi connectivity index (χ1v) is 7.74. The van der Waals surface area contributed by atoms with Gasteiger partial charge in [-0.25, -0.2) is 9.78 Å². The summed E-state index contributed by atoms with van der Waals surface area (Å²) in [7, 11) is 0. The molecule has 2 fully saturated rings. The Hall–Kier alpha value is -1.14. The Bertz CT molecular complexity index is 464. The highest BCUT2D eigenvalue weighted by atomic mass is 32.1. The van der Waals surface area contributed by atoms with Crippen LogP contribution in [-0.4, -0.2) is 43.7 Å². The van der Waals surface area contributed by atoms with Crippen molar-refractivity contribution in [3.63, 3.8) is 0 Å². The van der Waals surface area contributed by atoms with Gasteiger partial charge in [0.25, 0.3) is 0 Å². The minimum atomic E-state index is -0.205. The zero-order valence-corrected chi connectivity index (χ0v) is 12.0. The summed E-state index contributed by atoms with van der Waals surface area (Å²) in [6.45, 7) is 6.14. The molecule has 0 radical (unpaired) electrons. The molecule has 2 aliphatic rings. The number of esters is 1. The number of rotatable bonds is 4. The number of nitrogens with one attached hydrogen (secondary N) is 1. The number of nitrogens with zero attached hydrogens (tertiary/aromatic N) is 2. The van der Waals surface area contributed by atoms with Gasteiger partial charge >= 0.3 is 5.97 Å². The Morgan fingerprint density at radius 3 is 2.84 bits per heavy atom. The third kappa shape index (κ3) is 2.74. The summed E-state index contributed by atoms with van der Waals surface area (Å²) in [5.74, 6) is 0.274. The first-order valence-electron chi connectivity index (χ1n) is 6.93. The third-order valence-electron chi connectivity index (χ3n) is 3.45.